The molecule has 1 aliphatic carbocycles. The quantitative estimate of drug-likeness (QED) is 0.765. The summed E-state index contributed by atoms with van der Waals surface area (Å²) in [6.07, 6.45) is 8.81. The van der Waals surface area contributed by atoms with Crippen molar-refractivity contribution in [2.75, 3.05) is 6.61 Å². The van der Waals surface area contributed by atoms with Crippen molar-refractivity contribution in [2.24, 2.45) is 4.99 Å². The molecule has 0 unspecified atom stereocenters. The van der Waals surface area contributed by atoms with E-state index in [9.17, 15) is 0 Å². The van der Waals surface area contributed by atoms with Crippen LogP contribution in [0.4, 0.5) is 0 Å². The fraction of sp³-hybridized carbons (Fsp3) is 0.438. The van der Waals surface area contributed by atoms with E-state index >= 15 is 0 Å². The van der Waals surface area contributed by atoms with E-state index in [1.54, 1.807) is 0 Å². The maximum atomic E-state index is 5.75. The van der Waals surface area contributed by atoms with Gasteiger partial charge in [0.2, 0.25) is 0 Å². The number of benzene rings is 1. The fourth-order valence-electron chi connectivity index (χ4n) is 2.53. The first-order valence-corrected chi connectivity index (χ1v) is 8.75. The van der Waals surface area contributed by atoms with E-state index in [2.05, 4.69) is 30.3 Å². The second-order valence-electron chi connectivity index (χ2n) is 5.10. The molecular weight excluding hydrogens is 301 g/mol. The van der Waals surface area contributed by atoms with Gasteiger partial charge < -0.3 is 0 Å². The van der Waals surface area contributed by atoms with Crippen LogP contribution >= 0.6 is 0 Å². The van der Waals surface area contributed by atoms with E-state index in [4.69, 9.17) is 9.73 Å². The molecule has 19 heavy (non-hydrogen) atoms. The Labute approximate surface area is 121 Å². The monoisotopic (exact) mass is 321 g/mol. The van der Waals surface area contributed by atoms with Gasteiger partial charge in [0.25, 0.3) is 0 Å². The van der Waals surface area contributed by atoms with Gasteiger partial charge >= 0.3 is 121 Å². The molecule has 1 saturated carbocycles. The van der Waals surface area contributed by atoms with Crippen molar-refractivity contribution in [1.29, 1.82) is 0 Å². The molecule has 3 rings (SSSR count). The summed E-state index contributed by atoms with van der Waals surface area (Å²) in [5.41, 5.74) is 1.27. The molecule has 1 aromatic rings. The van der Waals surface area contributed by atoms with E-state index in [0.717, 1.165) is 11.4 Å². The third kappa shape index (κ3) is 3.71. The van der Waals surface area contributed by atoms with Crippen molar-refractivity contribution < 1.29 is 4.74 Å². The number of aliphatic imine (C=N–C) groups is 1. The van der Waals surface area contributed by atoms with Crippen LogP contribution in [0.5, 0.6) is 0 Å². The minimum absolute atomic E-state index is 0.299. The van der Waals surface area contributed by atoms with Crippen molar-refractivity contribution in [3.63, 3.8) is 0 Å². The average molecular weight is 320 g/mol. The molecule has 1 aliphatic heterocycles. The molecule has 0 radical (unpaired) electrons. The molecule has 1 aromatic carbocycles. The Morgan fingerprint density at radius 1 is 1.11 bits per heavy atom. The Morgan fingerprint density at radius 3 is 2.68 bits per heavy atom. The molecule has 1 heterocycles. The topological polar surface area (TPSA) is 21.6 Å². The minimum atomic E-state index is 0.299. The van der Waals surface area contributed by atoms with Crippen molar-refractivity contribution in [2.45, 2.75) is 38.1 Å². The number of hydrogen-bond donors (Lipinski definition) is 0. The second kappa shape index (κ2) is 6.40. The van der Waals surface area contributed by atoms with Crippen LogP contribution in [0.2, 0.25) is 0 Å². The first-order valence-electron chi connectivity index (χ1n) is 7.04. The molecule has 0 N–H and O–H groups in total. The average Bonchev–Trinajstić information content (AvgIpc) is 2.88. The molecule has 0 bridgehead atoms. The number of rotatable bonds is 2. The third-order valence-electron chi connectivity index (χ3n) is 3.55. The van der Waals surface area contributed by atoms with Crippen LogP contribution in [0, 0.1) is 0 Å². The Balaban J connectivity index is 1.63. The summed E-state index contributed by atoms with van der Waals surface area (Å²) in [5, 5.41) is 0. The van der Waals surface area contributed by atoms with Crippen molar-refractivity contribution in [3.8, 4) is 0 Å². The molecule has 2 nitrogen and oxygen atoms in total. The molecule has 100 valence electrons. The number of ether oxygens (including phenoxy) is 1. The molecule has 0 aromatic heterocycles. The van der Waals surface area contributed by atoms with Gasteiger partial charge in [-0.3, -0.25) is 0 Å². The Kier molecular flexibility index (Phi) is 4.37. The van der Waals surface area contributed by atoms with E-state index in [0.29, 0.717) is 21.0 Å². The van der Waals surface area contributed by atoms with E-state index < -0.39 is 0 Å². The van der Waals surface area contributed by atoms with Gasteiger partial charge in [-0.15, -0.1) is 0 Å². The predicted molar refractivity (Wildman–Crippen MR) is 80.4 cm³/mol. The summed E-state index contributed by atoms with van der Waals surface area (Å²) in [6.45, 7) is 0.737. The van der Waals surface area contributed by atoms with Gasteiger partial charge in [0.05, 0.1) is 0 Å². The van der Waals surface area contributed by atoms with Crippen LogP contribution in [0.15, 0.2) is 39.8 Å². The normalized spacial score (nSPS) is 24.8. The predicted octanol–water partition coefficient (Wildman–Crippen LogP) is 3.45. The van der Waals surface area contributed by atoms with Gasteiger partial charge in [-0.25, -0.2) is 0 Å². The molecule has 0 spiro atoms. The standard InChI is InChI=1S/C16H19NOSe/c1-3-7-13(8-4-1)11-15-12-18-16(19-15)17-14-9-5-2-6-10-14/h1,3-4,7-8,11,14H,2,5-6,9-10,12H2/b15-11-,17-16?. The maximum absolute atomic E-state index is 5.75. The van der Waals surface area contributed by atoms with E-state index in [-0.39, 0.29) is 0 Å². The third-order valence-corrected chi connectivity index (χ3v) is 5.43. The van der Waals surface area contributed by atoms with Gasteiger partial charge in [-0.1, -0.05) is 0 Å². The SMILES string of the molecule is C(=C1\COC(=NC2CCCCC2)[Se]1)/c1ccccc1. The van der Waals surface area contributed by atoms with E-state index in [1.807, 2.05) is 6.07 Å². The van der Waals surface area contributed by atoms with Crippen LogP contribution in [0.25, 0.3) is 6.08 Å². The zero-order valence-corrected chi connectivity index (χ0v) is 12.8. The molecular formula is C16H19NOSe. The molecule has 2 fully saturated rings. The fourth-order valence-corrected chi connectivity index (χ4v) is 4.33. The van der Waals surface area contributed by atoms with Gasteiger partial charge in [-0.2, -0.15) is 0 Å². The first-order chi connectivity index (χ1) is 9.40. The number of hydrogen-bond acceptors (Lipinski definition) is 2. The first kappa shape index (κ1) is 13.0. The van der Waals surface area contributed by atoms with Crippen molar-refractivity contribution in [1.82, 2.24) is 0 Å². The van der Waals surface area contributed by atoms with Crippen LogP contribution in [-0.2, 0) is 4.74 Å². The second-order valence-corrected chi connectivity index (χ2v) is 7.36. The van der Waals surface area contributed by atoms with Crippen LogP contribution in [-0.4, -0.2) is 32.4 Å². The van der Waals surface area contributed by atoms with Gasteiger partial charge in [-0.05, 0) is 0 Å². The zero-order valence-electron chi connectivity index (χ0n) is 11.0. The zero-order chi connectivity index (χ0) is 12.9. The van der Waals surface area contributed by atoms with Gasteiger partial charge in [0, 0.05) is 0 Å². The van der Waals surface area contributed by atoms with Crippen LogP contribution in [0.3, 0.4) is 0 Å². The molecule has 0 atom stereocenters. The Hall–Kier alpha value is -1.05. The van der Waals surface area contributed by atoms with Gasteiger partial charge in [0.1, 0.15) is 0 Å². The van der Waals surface area contributed by atoms with Crippen molar-refractivity contribution in [3.05, 3.63) is 40.4 Å². The van der Waals surface area contributed by atoms with Gasteiger partial charge in [0.15, 0.2) is 0 Å². The van der Waals surface area contributed by atoms with E-state index in [1.165, 1.54) is 42.1 Å². The van der Waals surface area contributed by atoms with Crippen LogP contribution in [0.1, 0.15) is 37.7 Å². The summed E-state index contributed by atoms with van der Waals surface area (Å²) in [6, 6.07) is 11.0. The molecule has 2 aliphatic rings. The Morgan fingerprint density at radius 2 is 1.89 bits per heavy atom. The summed E-state index contributed by atoms with van der Waals surface area (Å²) in [7, 11) is 0. The molecule has 3 heteroatoms. The molecule has 1 saturated heterocycles. The summed E-state index contributed by atoms with van der Waals surface area (Å²) >= 11 is 0.299. The number of nitrogens with zero attached hydrogens (tertiary/aromatic N) is 1. The van der Waals surface area contributed by atoms with Crippen molar-refractivity contribution >= 4 is 25.8 Å². The molecule has 0 amide bonds. The summed E-state index contributed by atoms with van der Waals surface area (Å²) < 4.78 is 7.15. The van der Waals surface area contributed by atoms with Crippen LogP contribution < -0.4 is 0 Å². The Bertz CT molecular complexity index is 475. The summed E-state index contributed by atoms with van der Waals surface area (Å²) in [4.78, 5) is 5.82. The summed E-state index contributed by atoms with van der Waals surface area (Å²) in [5.74, 6) is 0.